The van der Waals surface area contributed by atoms with Crippen molar-refractivity contribution in [1.82, 2.24) is 4.98 Å². The first kappa shape index (κ1) is 17.6. The van der Waals surface area contributed by atoms with Gasteiger partial charge in [0.25, 0.3) is 0 Å². The predicted molar refractivity (Wildman–Crippen MR) is 95.6 cm³/mol. The highest BCUT2D eigenvalue weighted by Gasteiger charge is 2.40. The molecule has 122 valence electrons. The molecule has 1 fully saturated rings. The Balaban J connectivity index is 2.12. The Bertz CT molecular complexity index is 557. The van der Waals surface area contributed by atoms with E-state index < -0.39 is 8.32 Å². The average molecular weight is 385 g/mol. The molecule has 0 spiro atoms. The molecule has 22 heavy (non-hydrogen) atoms. The number of anilines is 1. The van der Waals surface area contributed by atoms with E-state index in [9.17, 15) is 4.79 Å². The summed E-state index contributed by atoms with van der Waals surface area (Å²) in [7, 11) is -1.80. The van der Waals surface area contributed by atoms with E-state index in [0.717, 1.165) is 11.0 Å². The van der Waals surface area contributed by atoms with Gasteiger partial charge in [-0.1, -0.05) is 26.8 Å². The van der Waals surface area contributed by atoms with Gasteiger partial charge in [-0.2, -0.15) is 0 Å². The minimum Gasteiger partial charge on any atom is -0.415 e. The Morgan fingerprint density at radius 1 is 1.41 bits per heavy atom. The topological polar surface area (TPSA) is 42.4 Å². The zero-order chi connectivity index (χ0) is 16.5. The summed E-state index contributed by atoms with van der Waals surface area (Å²) in [6.07, 6.45) is 1.40. The summed E-state index contributed by atoms with van der Waals surface area (Å²) in [6, 6.07) is 5.74. The van der Waals surface area contributed by atoms with Crippen molar-refractivity contribution in [3.8, 4) is 0 Å². The predicted octanol–water partition coefficient (Wildman–Crippen LogP) is 4.36. The van der Waals surface area contributed by atoms with Gasteiger partial charge in [0.05, 0.1) is 12.6 Å². The third-order valence-corrected chi connectivity index (χ3v) is 9.66. The minimum absolute atomic E-state index is 0.0865. The van der Waals surface area contributed by atoms with Gasteiger partial charge in [-0.3, -0.25) is 9.69 Å². The Hall–Kier alpha value is -0.723. The van der Waals surface area contributed by atoms with Gasteiger partial charge in [0.1, 0.15) is 10.4 Å². The van der Waals surface area contributed by atoms with Crippen molar-refractivity contribution in [2.45, 2.75) is 57.8 Å². The van der Waals surface area contributed by atoms with Crippen molar-refractivity contribution in [3.63, 3.8) is 0 Å². The van der Waals surface area contributed by atoms with E-state index in [1.807, 2.05) is 18.2 Å². The van der Waals surface area contributed by atoms with E-state index in [2.05, 4.69) is 54.8 Å². The molecule has 1 saturated heterocycles. The lowest BCUT2D eigenvalue weighted by Crippen LogP contribution is -2.45. The second kappa shape index (κ2) is 6.41. The normalized spacial score (nSPS) is 19.8. The Kier molecular flexibility index (Phi) is 5.14. The van der Waals surface area contributed by atoms with E-state index in [1.54, 1.807) is 4.90 Å². The Morgan fingerprint density at radius 3 is 2.68 bits per heavy atom. The van der Waals surface area contributed by atoms with Gasteiger partial charge in [-0.15, -0.1) is 0 Å². The first-order valence-corrected chi connectivity index (χ1v) is 11.4. The summed E-state index contributed by atoms with van der Waals surface area (Å²) >= 11 is 3.37. The van der Waals surface area contributed by atoms with E-state index >= 15 is 0 Å². The molecule has 2 heterocycles. The van der Waals surface area contributed by atoms with Crippen LogP contribution < -0.4 is 4.90 Å². The molecule has 1 amide bonds. The molecule has 1 atom stereocenters. The maximum Gasteiger partial charge on any atom is 0.228 e. The lowest BCUT2D eigenvalue weighted by molar-refractivity contribution is -0.117. The zero-order valence-electron chi connectivity index (χ0n) is 14.0. The average Bonchev–Trinajstić information content (AvgIpc) is 2.76. The van der Waals surface area contributed by atoms with Crippen LogP contribution in [0.4, 0.5) is 5.82 Å². The van der Waals surface area contributed by atoms with Crippen molar-refractivity contribution in [3.05, 3.63) is 22.8 Å². The van der Waals surface area contributed by atoms with Crippen molar-refractivity contribution in [1.29, 1.82) is 0 Å². The van der Waals surface area contributed by atoms with Gasteiger partial charge in [-0.05, 0) is 52.6 Å². The molecule has 0 aromatic carbocycles. The fourth-order valence-electron chi connectivity index (χ4n) is 2.27. The van der Waals surface area contributed by atoms with Gasteiger partial charge in [0.2, 0.25) is 5.91 Å². The molecule has 1 aliphatic rings. The van der Waals surface area contributed by atoms with Crippen LogP contribution in [0.5, 0.6) is 0 Å². The Labute approximate surface area is 142 Å². The SMILES string of the molecule is CC(C)(C)[Si](C)(C)OC[C@H]1CCC(=O)N1c1cccc(Br)n1. The number of amides is 1. The second-order valence-electron chi connectivity index (χ2n) is 7.35. The third kappa shape index (κ3) is 3.78. The lowest BCUT2D eigenvalue weighted by Gasteiger charge is -2.37. The number of nitrogens with zero attached hydrogens (tertiary/aromatic N) is 2. The lowest BCUT2D eigenvalue weighted by atomic mass is 10.2. The van der Waals surface area contributed by atoms with Gasteiger partial charge < -0.3 is 4.43 Å². The number of hydrogen-bond acceptors (Lipinski definition) is 3. The third-order valence-electron chi connectivity index (χ3n) is 4.72. The van der Waals surface area contributed by atoms with Crippen LogP contribution in [-0.2, 0) is 9.22 Å². The van der Waals surface area contributed by atoms with E-state index in [4.69, 9.17) is 4.43 Å². The van der Waals surface area contributed by atoms with E-state index in [0.29, 0.717) is 18.8 Å². The summed E-state index contributed by atoms with van der Waals surface area (Å²) in [5.74, 6) is 0.843. The molecule has 2 rings (SSSR count). The molecule has 4 nitrogen and oxygen atoms in total. The van der Waals surface area contributed by atoms with Crippen LogP contribution >= 0.6 is 15.9 Å². The fraction of sp³-hybridized carbons (Fsp3) is 0.625. The van der Waals surface area contributed by atoms with Crippen LogP contribution in [0.25, 0.3) is 0 Å². The standard InChI is InChI=1S/C16H25BrN2O2Si/c1-16(2,3)22(4,5)21-11-12-9-10-15(20)19(12)14-8-6-7-13(17)18-14/h6-8,12H,9-11H2,1-5H3/t12-/m1/s1. The van der Waals surface area contributed by atoms with Crippen molar-refractivity contribution >= 4 is 36.0 Å². The number of carbonyl (C=O) groups excluding carboxylic acids is 1. The molecule has 1 aromatic heterocycles. The molecule has 0 saturated carbocycles. The summed E-state index contributed by atoms with van der Waals surface area (Å²) in [4.78, 5) is 18.5. The van der Waals surface area contributed by atoms with E-state index in [-0.39, 0.29) is 17.0 Å². The van der Waals surface area contributed by atoms with Crippen LogP contribution in [0.1, 0.15) is 33.6 Å². The van der Waals surface area contributed by atoms with Crippen LogP contribution in [0.15, 0.2) is 22.8 Å². The van der Waals surface area contributed by atoms with Crippen LogP contribution in [-0.4, -0.2) is 31.9 Å². The smallest absolute Gasteiger partial charge is 0.228 e. The van der Waals surface area contributed by atoms with Gasteiger partial charge in [0, 0.05) is 6.42 Å². The molecule has 0 N–H and O–H groups in total. The molecular formula is C16H25BrN2O2Si. The van der Waals surface area contributed by atoms with Crippen molar-refractivity contribution in [2.24, 2.45) is 0 Å². The van der Waals surface area contributed by atoms with Crippen LogP contribution in [0, 0.1) is 0 Å². The molecule has 0 aliphatic carbocycles. The number of rotatable bonds is 4. The number of hydrogen-bond donors (Lipinski definition) is 0. The molecule has 0 radical (unpaired) electrons. The highest BCUT2D eigenvalue weighted by atomic mass is 79.9. The first-order valence-electron chi connectivity index (χ1n) is 7.70. The highest BCUT2D eigenvalue weighted by molar-refractivity contribution is 9.10. The number of carbonyl (C=O) groups is 1. The fourth-order valence-corrected chi connectivity index (χ4v) is 3.65. The monoisotopic (exact) mass is 384 g/mol. The van der Waals surface area contributed by atoms with E-state index in [1.165, 1.54) is 0 Å². The summed E-state index contributed by atoms with van der Waals surface area (Å²) < 4.78 is 7.06. The molecule has 0 bridgehead atoms. The number of halogens is 1. The first-order chi connectivity index (χ1) is 10.1. The van der Waals surface area contributed by atoms with Crippen molar-refractivity contribution < 1.29 is 9.22 Å². The maximum absolute atomic E-state index is 12.2. The van der Waals surface area contributed by atoms with Gasteiger partial charge in [-0.25, -0.2) is 4.98 Å². The maximum atomic E-state index is 12.2. The van der Waals surface area contributed by atoms with Crippen LogP contribution in [0.2, 0.25) is 18.1 Å². The molecular weight excluding hydrogens is 360 g/mol. The molecule has 6 heteroatoms. The van der Waals surface area contributed by atoms with Gasteiger partial charge in [0.15, 0.2) is 8.32 Å². The molecule has 0 unspecified atom stereocenters. The molecule has 1 aliphatic heterocycles. The number of aromatic nitrogens is 1. The zero-order valence-corrected chi connectivity index (χ0v) is 16.6. The minimum atomic E-state index is -1.80. The number of pyridine rings is 1. The largest absolute Gasteiger partial charge is 0.415 e. The highest BCUT2D eigenvalue weighted by Crippen LogP contribution is 2.37. The molecule has 1 aromatic rings. The van der Waals surface area contributed by atoms with Crippen LogP contribution in [0.3, 0.4) is 0 Å². The van der Waals surface area contributed by atoms with Gasteiger partial charge >= 0.3 is 0 Å². The summed E-state index contributed by atoms with van der Waals surface area (Å²) in [6.45, 7) is 11.8. The Morgan fingerprint density at radius 2 is 2.09 bits per heavy atom. The quantitative estimate of drug-likeness (QED) is 0.571. The second-order valence-corrected chi connectivity index (χ2v) is 13.0. The summed E-state index contributed by atoms with van der Waals surface area (Å²) in [5.41, 5.74) is 0. The van der Waals surface area contributed by atoms with Crippen molar-refractivity contribution in [2.75, 3.05) is 11.5 Å². The summed E-state index contributed by atoms with van der Waals surface area (Å²) in [5, 5.41) is 0.175.